The zero-order valence-corrected chi connectivity index (χ0v) is 17.4. The number of hydrogen-bond acceptors (Lipinski definition) is 0. The Morgan fingerprint density at radius 1 is 0.394 bits per heavy atom. The van der Waals surface area contributed by atoms with Crippen molar-refractivity contribution in [2.45, 2.75) is 6.18 Å². The standard InChI is InChI=1S/C29H18F4/c30-28-15-11-20(12-16-28)19-1-3-21(4-2-19)24-7-5-23-6-8-25(18-26(23)17-24)22-9-13-27(14-10-22)29(31,32)33/h1-18H. The van der Waals surface area contributed by atoms with Crippen LogP contribution in [-0.2, 0) is 6.18 Å². The highest BCUT2D eigenvalue weighted by Gasteiger charge is 2.29. The molecule has 5 aromatic rings. The number of hydrogen-bond donors (Lipinski definition) is 0. The molecule has 5 rings (SSSR count). The molecule has 0 bridgehead atoms. The summed E-state index contributed by atoms with van der Waals surface area (Å²) in [5.74, 6) is -0.262. The summed E-state index contributed by atoms with van der Waals surface area (Å²) in [6.07, 6.45) is -4.34. The highest BCUT2D eigenvalue weighted by Crippen LogP contribution is 2.33. The molecule has 0 spiro atoms. The van der Waals surface area contributed by atoms with Crippen LogP contribution in [0.2, 0.25) is 0 Å². The van der Waals surface area contributed by atoms with E-state index in [9.17, 15) is 17.6 Å². The Morgan fingerprint density at radius 3 is 1.21 bits per heavy atom. The van der Waals surface area contributed by atoms with Gasteiger partial charge in [-0.1, -0.05) is 72.8 Å². The van der Waals surface area contributed by atoms with Gasteiger partial charge in [-0.3, -0.25) is 0 Å². The molecule has 162 valence electrons. The first-order chi connectivity index (χ1) is 15.9. The van der Waals surface area contributed by atoms with Gasteiger partial charge in [0.25, 0.3) is 0 Å². The zero-order chi connectivity index (χ0) is 23.0. The average molecular weight is 442 g/mol. The highest BCUT2D eigenvalue weighted by atomic mass is 19.4. The van der Waals surface area contributed by atoms with Gasteiger partial charge < -0.3 is 0 Å². The summed E-state index contributed by atoms with van der Waals surface area (Å²) in [6, 6.07) is 31.7. The van der Waals surface area contributed by atoms with E-state index in [1.54, 1.807) is 12.1 Å². The number of fused-ring (bicyclic) bond motifs is 1. The lowest BCUT2D eigenvalue weighted by atomic mass is 9.96. The predicted molar refractivity (Wildman–Crippen MR) is 125 cm³/mol. The Labute approximate surface area is 188 Å². The van der Waals surface area contributed by atoms with Gasteiger partial charge in [-0.25, -0.2) is 4.39 Å². The number of halogens is 4. The Morgan fingerprint density at radius 2 is 0.758 bits per heavy atom. The smallest absolute Gasteiger partial charge is 0.207 e. The van der Waals surface area contributed by atoms with Crippen LogP contribution in [0.1, 0.15) is 5.56 Å². The van der Waals surface area contributed by atoms with Crippen LogP contribution in [0.25, 0.3) is 44.2 Å². The third kappa shape index (κ3) is 4.37. The first-order valence-corrected chi connectivity index (χ1v) is 10.4. The third-order valence-electron chi connectivity index (χ3n) is 5.78. The molecule has 0 saturated heterocycles. The SMILES string of the molecule is Fc1ccc(-c2ccc(-c3ccc4ccc(-c5ccc(C(F)(F)F)cc5)cc4c3)cc2)cc1. The lowest BCUT2D eigenvalue weighted by Gasteiger charge is -2.10. The van der Waals surface area contributed by atoms with Crippen molar-refractivity contribution in [2.75, 3.05) is 0 Å². The molecule has 0 amide bonds. The molecule has 0 atom stereocenters. The van der Waals surface area contributed by atoms with Crippen molar-refractivity contribution in [2.24, 2.45) is 0 Å². The molecule has 4 heteroatoms. The molecule has 33 heavy (non-hydrogen) atoms. The van der Waals surface area contributed by atoms with E-state index in [4.69, 9.17) is 0 Å². The highest BCUT2D eigenvalue weighted by molar-refractivity contribution is 5.91. The van der Waals surface area contributed by atoms with Crippen molar-refractivity contribution in [3.8, 4) is 33.4 Å². The predicted octanol–water partition coefficient (Wildman–Crippen LogP) is 9.00. The van der Waals surface area contributed by atoms with E-state index in [0.717, 1.165) is 56.3 Å². The quantitative estimate of drug-likeness (QED) is 0.245. The van der Waals surface area contributed by atoms with E-state index in [1.807, 2.05) is 54.6 Å². The minimum Gasteiger partial charge on any atom is -0.207 e. The molecule has 0 unspecified atom stereocenters. The van der Waals surface area contributed by atoms with Crippen LogP contribution in [0.15, 0.2) is 109 Å². The number of alkyl halides is 3. The molecule has 5 aromatic carbocycles. The van der Waals surface area contributed by atoms with Crippen molar-refractivity contribution in [3.63, 3.8) is 0 Å². The van der Waals surface area contributed by atoms with E-state index in [-0.39, 0.29) is 5.82 Å². The number of rotatable bonds is 3. The summed E-state index contributed by atoms with van der Waals surface area (Å²) < 4.78 is 51.7. The minimum atomic E-state index is -4.34. The first-order valence-electron chi connectivity index (χ1n) is 10.4. The van der Waals surface area contributed by atoms with Gasteiger partial charge in [0.1, 0.15) is 5.82 Å². The average Bonchev–Trinajstić information content (AvgIpc) is 2.83. The third-order valence-corrected chi connectivity index (χ3v) is 5.78. The second kappa shape index (κ2) is 8.21. The summed E-state index contributed by atoms with van der Waals surface area (Å²) in [4.78, 5) is 0. The molecular weight excluding hydrogens is 424 g/mol. The lowest BCUT2D eigenvalue weighted by molar-refractivity contribution is -0.137. The summed E-state index contributed by atoms with van der Waals surface area (Å²) >= 11 is 0. The molecule has 0 fully saturated rings. The van der Waals surface area contributed by atoms with E-state index >= 15 is 0 Å². The van der Waals surface area contributed by atoms with Gasteiger partial charge in [-0.05, 0) is 80.6 Å². The summed E-state index contributed by atoms with van der Waals surface area (Å²) in [7, 11) is 0. The normalized spacial score (nSPS) is 11.6. The van der Waals surface area contributed by atoms with Gasteiger partial charge in [0.05, 0.1) is 5.56 Å². The van der Waals surface area contributed by atoms with Gasteiger partial charge in [-0.2, -0.15) is 13.2 Å². The topological polar surface area (TPSA) is 0 Å². The van der Waals surface area contributed by atoms with Crippen LogP contribution in [0.3, 0.4) is 0 Å². The van der Waals surface area contributed by atoms with Crippen LogP contribution in [0.4, 0.5) is 17.6 Å². The second-order valence-corrected chi connectivity index (χ2v) is 7.94. The molecule has 0 aliphatic rings. The molecule has 0 N–H and O–H groups in total. The maximum absolute atomic E-state index is 13.2. The molecule has 0 aromatic heterocycles. The van der Waals surface area contributed by atoms with Crippen LogP contribution >= 0.6 is 0 Å². The summed E-state index contributed by atoms with van der Waals surface area (Å²) in [6.45, 7) is 0. The van der Waals surface area contributed by atoms with Gasteiger partial charge in [0.2, 0.25) is 0 Å². The minimum absolute atomic E-state index is 0.262. The zero-order valence-electron chi connectivity index (χ0n) is 17.4. The van der Waals surface area contributed by atoms with Gasteiger partial charge in [0.15, 0.2) is 0 Å². The maximum Gasteiger partial charge on any atom is 0.416 e. The first kappa shape index (κ1) is 21.0. The van der Waals surface area contributed by atoms with Crippen molar-refractivity contribution < 1.29 is 17.6 Å². The van der Waals surface area contributed by atoms with E-state index < -0.39 is 11.7 Å². The Bertz CT molecular complexity index is 1410. The summed E-state index contributed by atoms with van der Waals surface area (Å²) in [5.41, 5.74) is 4.98. The van der Waals surface area contributed by atoms with Gasteiger partial charge in [0, 0.05) is 0 Å². The van der Waals surface area contributed by atoms with Gasteiger partial charge in [-0.15, -0.1) is 0 Å². The molecule has 0 saturated carbocycles. The van der Waals surface area contributed by atoms with E-state index in [0.29, 0.717) is 0 Å². The number of benzene rings is 5. The molecule has 0 aliphatic carbocycles. The molecular formula is C29H18F4. The fourth-order valence-corrected chi connectivity index (χ4v) is 3.95. The van der Waals surface area contributed by atoms with Gasteiger partial charge >= 0.3 is 6.18 Å². The van der Waals surface area contributed by atoms with Crippen molar-refractivity contribution in [1.29, 1.82) is 0 Å². The lowest BCUT2D eigenvalue weighted by Crippen LogP contribution is -2.03. The van der Waals surface area contributed by atoms with E-state index in [1.165, 1.54) is 24.3 Å². The second-order valence-electron chi connectivity index (χ2n) is 7.94. The fraction of sp³-hybridized carbons (Fsp3) is 0.0345. The fourth-order valence-electron chi connectivity index (χ4n) is 3.95. The van der Waals surface area contributed by atoms with Crippen LogP contribution in [-0.4, -0.2) is 0 Å². The van der Waals surface area contributed by atoms with E-state index in [2.05, 4.69) is 6.07 Å². The Balaban J connectivity index is 1.46. The largest absolute Gasteiger partial charge is 0.416 e. The molecule has 0 nitrogen and oxygen atoms in total. The van der Waals surface area contributed by atoms with Crippen LogP contribution < -0.4 is 0 Å². The molecule has 0 aliphatic heterocycles. The Kier molecular flexibility index (Phi) is 5.21. The van der Waals surface area contributed by atoms with Crippen LogP contribution in [0.5, 0.6) is 0 Å². The summed E-state index contributed by atoms with van der Waals surface area (Å²) in [5, 5.41) is 2.06. The molecule has 0 heterocycles. The van der Waals surface area contributed by atoms with Crippen molar-refractivity contribution in [1.82, 2.24) is 0 Å². The maximum atomic E-state index is 13.2. The Hall–Kier alpha value is -3.92. The van der Waals surface area contributed by atoms with Crippen LogP contribution in [0, 0.1) is 5.82 Å². The van der Waals surface area contributed by atoms with Crippen molar-refractivity contribution >= 4 is 10.8 Å². The van der Waals surface area contributed by atoms with Crippen molar-refractivity contribution in [3.05, 3.63) is 121 Å². The molecule has 0 radical (unpaired) electrons. The monoisotopic (exact) mass is 442 g/mol.